The fourth-order valence-corrected chi connectivity index (χ4v) is 1.46. The maximum atomic E-state index is 14.0. The van der Waals surface area contributed by atoms with E-state index in [0.29, 0.717) is 0 Å². The second-order valence-corrected chi connectivity index (χ2v) is 6.69. The lowest BCUT2D eigenvalue weighted by molar-refractivity contribution is -0.542. The van der Waals surface area contributed by atoms with E-state index >= 15 is 0 Å². The van der Waals surface area contributed by atoms with Gasteiger partial charge < -0.3 is 0 Å². The maximum absolute atomic E-state index is 14.0. The predicted molar refractivity (Wildman–Crippen MR) is 67.9 cm³/mol. The normalized spacial score (nSPS) is 17.4. The molecule has 0 aromatic carbocycles. The molecule has 0 radical (unpaired) electrons. The van der Waals surface area contributed by atoms with E-state index in [1.165, 1.54) is 0 Å². The molecule has 32 heavy (non-hydrogen) atoms. The molecule has 0 saturated carbocycles. The van der Waals surface area contributed by atoms with Crippen LogP contribution in [0.25, 0.3) is 0 Å². The van der Waals surface area contributed by atoms with Crippen LogP contribution in [0.15, 0.2) is 0 Å². The summed E-state index contributed by atoms with van der Waals surface area (Å²) in [5.41, 5.74) is -9.98. The van der Waals surface area contributed by atoms with E-state index in [0.717, 1.165) is 0 Å². The molecule has 0 aliphatic carbocycles. The minimum Gasteiger partial charge on any atom is -0.254 e. The molecule has 0 N–H and O–H groups in total. The summed E-state index contributed by atoms with van der Waals surface area (Å²) in [5, 5.41) is 0. The van der Waals surface area contributed by atoms with Crippen molar-refractivity contribution in [2.45, 2.75) is 70.8 Å². The van der Waals surface area contributed by atoms with Crippen LogP contribution in [0.3, 0.4) is 0 Å². The lowest BCUT2D eigenvalue weighted by atomic mass is 9.86. The van der Waals surface area contributed by atoms with Crippen molar-refractivity contribution < 1.29 is 84.5 Å². The average molecular weight is 520 g/mol. The highest BCUT2D eigenvalue weighted by Crippen LogP contribution is 2.58. The molecule has 0 bridgehead atoms. The lowest BCUT2D eigenvalue weighted by Crippen LogP contribution is -2.64. The van der Waals surface area contributed by atoms with Gasteiger partial charge in [0.05, 0.1) is 0 Å². The number of halogens is 16. The van der Waals surface area contributed by atoms with Crippen molar-refractivity contribution in [1.82, 2.24) is 0 Å². The smallest absolute Gasteiger partial charge is 0.254 e. The zero-order valence-electron chi connectivity index (χ0n) is 15.5. The number of rotatable bonds is 12. The Morgan fingerprint density at radius 2 is 0.812 bits per heavy atom. The van der Waals surface area contributed by atoms with Crippen LogP contribution >= 0.6 is 0 Å². The second kappa shape index (κ2) is 8.84. The highest BCUT2D eigenvalue weighted by molar-refractivity contribution is 4.96. The average Bonchev–Trinajstić information content (AvgIpc) is 2.49. The molecule has 0 heterocycles. The van der Waals surface area contributed by atoms with Crippen molar-refractivity contribution in [2.24, 2.45) is 10.8 Å². The summed E-state index contributed by atoms with van der Waals surface area (Å²) in [6.45, 7) is -6.34. The minimum atomic E-state index is -7.04. The first-order valence-corrected chi connectivity index (χ1v) is 7.53. The van der Waals surface area contributed by atoms with Crippen LogP contribution < -0.4 is 0 Å². The van der Waals surface area contributed by atoms with Crippen LogP contribution in [-0.4, -0.2) is 50.0 Å². The second-order valence-electron chi connectivity index (χ2n) is 6.69. The molecule has 1 unspecified atom stereocenters. The summed E-state index contributed by atoms with van der Waals surface area (Å²) in [6, 6.07) is 0. The molecule has 0 aliphatic rings. The fraction of sp³-hybridized carbons (Fsp3) is 1.00. The Labute approximate surface area is 167 Å². The largest absolute Gasteiger partial charge is 0.453 e. The Kier molecular flexibility index (Phi) is 8.50. The Morgan fingerprint density at radius 3 is 1.09 bits per heavy atom. The molecule has 0 fully saturated rings. The van der Waals surface area contributed by atoms with Crippen molar-refractivity contribution in [3.63, 3.8) is 0 Å². The topological polar surface area (TPSA) is 27.7 Å². The molecule has 0 aromatic rings. The molecule has 0 aliphatic heterocycles. The van der Waals surface area contributed by atoms with Crippen molar-refractivity contribution in [3.05, 3.63) is 0 Å². The Hall–Kier alpha value is -1.24. The molecule has 0 spiro atoms. The first kappa shape index (κ1) is 30.8. The summed E-state index contributed by atoms with van der Waals surface area (Å²) < 4.78 is 217. The zero-order chi connectivity index (χ0) is 26.4. The van der Waals surface area contributed by atoms with Gasteiger partial charge >= 0.3 is 37.2 Å². The van der Waals surface area contributed by atoms with E-state index in [4.69, 9.17) is 0 Å². The lowest BCUT2D eigenvalue weighted by Gasteiger charge is -2.44. The standard InChI is InChI=1S/C13H12F16O3/c1-7(2,4(14)15)9(20,21)31-10(22,23)8(3,5(16)17)11(24,25)32-13(28,29)12(26,27)30-6(18)19/h4-6H,1-3H3. The minimum absolute atomic E-state index is 0.182. The molecule has 0 rings (SSSR count). The molecule has 1 atom stereocenters. The van der Waals surface area contributed by atoms with Crippen molar-refractivity contribution in [3.8, 4) is 0 Å². The Bertz CT molecular complexity index is 635. The molecular formula is C13H12F16O3. The van der Waals surface area contributed by atoms with Crippen LogP contribution in [0.1, 0.15) is 20.8 Å². The summed E-state index contributed by atoms with van der Waals surface area (Å²) in [6.07, 6.45) is -43.1. The summed E-state index contributed by atoms with van der Waals surface area (Å²) >= 11 is 0. The van der Waals surface area contributed by atoms with Crippen molar-refractivity contribution >= 4 is 0 Å². The zero-order valence-corrected chi connectivity index (χ0v) is 15.5. The van der Waals surface area contributed by atoms with Gasteiger partial charge in [-0.25, -0.2) is 22.3 Å². The number of hydrogen-bond donors (Lipinski definition) is 0. The number of hydrogen-bond acceptors (Lipinski definition) is 3. The van der Waals surface area contributed by atoms with Gasteiger partial charge in [0.1, 0.15) is 5.41 Å². The van der Waals surface area contributed by atoms with Gasteiger partial charge in [-0.05, 0) is 20.8 Å². The molecule has 194 valence electrons. The fourth-order valence-electron chi connectivity index (χ4n) is 1.46. The van der Waals surface area contributed by atoms with E-state index in [9.17, 15) is 70.2 Å². The van der Waals surface area contributed by atoms with Gasteiger partial charge in [0.25, 0.3) is 12.9 Å². The third-order valence-electron chi connectivity index (χ3n) is 4.03. The van der Waals surface area contributed by atoms with Crippen LogP contribution in [0, 0.1) is 10.8 Å². The molecule has 19 heteroatoms. The van der Waals surface area contributed by atoms with Crippen molar-refractivity contribution in [1.29, 1.82) is 0 Å². The quantitative estimate of drug-likeness (QED) is 0.266. The molecule has 0 aromatic heterocycles. The molecule has 0 amide bonds. The molecule has 3 nitrogen and oxygen atoms in total. The van der Waals surface area contributed by atoms with E-state index in [1.54, 1.807) is 0 Å². The van der Waals surface area contributed by atoms with E-state index in [1.807, 2.05) is 9.47 Å². The highest BCUT2D eigenvalue weighted by Gasteiger charge is 2.79. The monoisotopic (exact) mass is 520 g/mol. The SMILES string of the molecule is CC(C)(C(F)F)C(F)(F)OC(F)(F)C(C)(C(F)F)C(F)(F)OC(F)(F)C(F)(F)OC(F)F. The van der Waals surface area contributed by atoms with Gasteiger partial charge in [-0.3, -0.25) is 9.47 Å². The van der Waals surface area contributed by atoms with Crippen LogP contribution in [0.2, 0.25) is 0 Å². The van der Waals surface area contributed by atoms with Gasteiger partial charge in [0.2, 0.25) is 5.41 Å². The van der Waals surface area contributed by atoms with Crippen molar-refractivity contribution in [2.75, 3.05) is 0 Å². The summed E-state index contributed by atoms with van der Waals surface area (Å²) in [7, 11) is 0. The maximum Gasteiger partial charge on any atom is 0.453 e. The summed E-state index contributed by atoms with van der Waals surface area (Å²) in [4.78, 5) is 0. The van der Waals surface area contributed by atoms with Gasteiger partial charge in [-0.1, -0.05) is 0 Å². The van der Waals surface area contributed by atoms with E-state index in [-0.39, 0.29) is 13.8 Å². The van der Waals surface area contributed by atoms with Gasteiger partial charge in [0.15, 0.2) is 0 Å². The van der Waals surface area contributed by atoms with E-state index < -0.39 is 67.8 Å². The van der Waals surface area contributed by atoms with Gasteiger partial charge in [-0.15, -0.1) is 0 Å². The van der Waals surface area contributed by atoms with Gasteiger partial charge in [-0.2, -0.15) is 52.7 Å². The van der Waals surface area contributed by atoms with Crippen LogP contribution in [0.5, 0.6) is 0 Å². The van der Waals surface area contributed by atoms with Gasteiger partial charge in [0, 0.05) is 0 Å². The third kappa shape index (κ3) is 5.45. The predicted octanol–water partition coefficient (Wildman–Crippen LogP) is 6.79. The molecular weight excluding hydrogens is 508 g/mol. The number of ether oxygens (including phenoxy) is 3. The highest BCUT2D eigenvalue weighted by atomic mass is 19.3. The van der Waals surface area contributed by atoms with Crippen LogP contribution in [0.4, 0.5) is 70.2 Å². The first-order chi connectivity index (χ1) is 13.7. The Morgan fingerprint density at radius 1 is 0.469 bits per heavy atom. The van der Waals surface area contributed by atoms with Crippen LogP contribution in [-0.2, 0) is 14.2 Å². The first-order valence-electron chi connectivity index (χ1n) is 7.53. The summed E-state index contributed by atoms with van der Waals surface area (Å²) in [5.74, 6) is 0. The third-order valence-corrected chi connectivity index (χ3v) is 4.03. The Balaban J connectivity index is 6.39. The number of alkyl halides is 16. The molecule has 0 saturated heterocycles. The van der Waals surface area contributed by atoms with E-state index in [2.05, 4.69) is 4.74 Å².